The number of sulfonamides is 1. The monoisotopic (exact) mass is 517 g/mol. The molecular formula is C27H39N3O5S. The minimum atomic E-state index is -3.76. The second-order valence-electron chi connectivity index (χ2n) is 9.15. The fraction of sp³-hybridized carbons (Fsp3) is 0.481. The molecule has 2 atom stereocenters. The number of amides is 2. The largest absolute Gasteiger partial charge is 0.497 e. The van der Waals surface area contributed by atoms with Gasteiger partial charge in [0.15, 0.2) is 0 Å². The van der Waals surface area contributed by atoms with Gasteiger partial charge in [-0.05, 0) is 74.6 Å². The van der Waals surface area contributed by atoms with Gasteiger partial charge in [0.25, 0.3) is 0 Å². The van der Waals surface area contributed by atoms with E-state index in [1.807, 2.05) is 52.8 Å². The zero-order valence-corrected chi connectivity index (χ0v) is 23.2. The number of benzene rings is 2. The molecule has 0 heterocycles. The predicted molar refractivity (Wildman–Crippen MR) is 144 cm³/mol. The highest BCUT2D eigenvalue weighted by Crippen LogP contribution is 2.23. The Hall–Kier alpha value is -3.07. The van der Waals surface area contributed by atoms with Crippen LogP contribution >= 0.6 is 0 Å². The highest BCUT2D eigenvalue weighted by molar-refractivity contribution is 7.92. The second kappa shape index (κ2) is 12.8. The van der Waals surface area contributed by atoms with Crippen LogP contribution in [-0.2, 0) is 26.2 Å². The van der Waals surface area contributed by atoms with Gasteiger partial charge in [0.1, 0.15) is 18.3 Å². The van der Waals surface area contributed by atoms with E-state index in [-0.39, 0.29) is 18.5 Å². The summed E-state index contributed by atoms with van der Waals surface area (Å²) in [6, 6.07) is 11.7. The zero-order valence-electron chi connectivity index (χ0n) is 22.4. The van der Waals surface area contributed by atoms with Gasteiger partial charge in [-0.25, -0.2) is 8.42 Å². The topological polar surface area (TPSA) is 96.0 Å². The number of anilines is 1. The highest BCUT2D eigenvalue weighted by atomic mass is 32.2. The number of rotatable bonds is 12. The van der Waals surface area contributed by atoms with Crippen molar-refractivity contribution in [3.63, 3.8) is 0 Å². The van der Waals surface area contributed by atoms with Crippen LogP contribution in [0.15, 0.2) is 42.5 Å². The van der Waals surface area contributed by atoms with Gasteiger partial charge in [0, 0.05) is 12.6 Å². The fourth-order valence-corrected chi connectivity index (χ4v) is 4.62. The first-order valence-electron chi connectivity index (χ1n) is 12.2. The number of ether oxygens (including phenoxy) is 1. The first-order valence-corrected chi connectivity index (χ1v) is 14.0. The Bertz CT molecular complexity index is 1150. The molecule has 0 spiro atoms. The maximum atomic E-state index is 13.7. The second-order valence-corrected chi connectivity index (χ2v) is 11.1. The number of aryl methyl sites for hydroxylation is 2. The van der Waals surface area contributed by atoms with Crippen LogP contribution in [0.2, 0.25) is 0 Å². The Morgan fingerprint density at radius 1 is 1.00 bits per heavy atom. The zero-order chi connectivity index (χ0) is 27.0. The maximum absolute atomic E-state index is 13.7. The van der Waals surface area contributed by atoms with Crippen LogP contribution < -0.4 is 14.4 Å². The van der Waals surface area contributed by atoms with E-state index in [9.17, 15) is 18.0 Å². The van der Waals surface area contributed by atoms with Crippen LogP contribution in [0.25, 0.3) is 0 Å². The van der Waals surface area contributed by atoms with E-state index in [4.69, 9.17) is 4.74 Å². The third-order valence-electron chi connectivity index (χ3n) is 6.36. The summed E-state index contributed by atoms with van der Waals surface area (Å²) < 4.78 is 31.8. The van der Waals surface area contributed by atoms with Crippen LogP contribution in [0.4, 0.5) is 5.69 Å². The SMILES string of the molecule is CC[C@@H](C)NC(=O)[C@@H](CC)N(Cc1ccc(OC)cc1)C(=O)CN(c1ccc(C)c(C)c1)S(C)(=O)=O. The molecule has 0 saturated carbocycles. The van der Waals surface area contributed by atoms with Crippen molar-refractivity contribution in [2.45, 2.75) is 66.1 Å². The molecule has 0 bridgehead atoms. The van der Waals surface area contributed by atoms with E-state index < -0.39 is 28.5 Å². The number of hydrogen-bond donors (Lipinski definition) is 1. The molecule has 0 unspecified atom stereocenters. The first-order chi connectivity index (χ1) is 16.9. The van der Waals surface area contributed by atoms with Crippen molar-refractivity contribution in [1.29, 1.82) is 0 Å². The van der Waals surface area contributed by atoms with Gasteiger partial charge in [0.2, 0.25) is 21.8 Å². The average Bonchev–Trinajstić information content (AvgIpc) is 2.83. The number of hydrogen-bond acceptors (Lipinski definition) is 5. The smallest absolute Gasteiger partial charge is 0.244 e. The number of nitrogens with zero attached hydrogens (tertiary/aromatic N) is 2. The van der Waals surface area contributed by atoms with Gasteiger partial charge < -0.3 is 15.0 Å². The molecule has 0 radical (unpaired) electrons. The minimum Gasteiger partial charge on any atom is -0.497 e. The molecule has 2 aromatic carbocycles. The number of methoxy groups -OCH3 is 1. The lowest BCUT2D eigenvalue weighted by Crippen LogP contribution is -2.53. The van der Waals surface area contributed by atoms with E-state index >= 15 is 0 Å². The first kappa shape index (κ1) is 29.2. The maximum Gasteiger partial charge on any atom is 0.244 e. The summed E-state index contributed by atoms with van der Waals surface area (Å²) in [7, 11) is -2.19. The van der Waals surface area contributed by atoms with Gasteiger partial charge >= 0.3 is 0 Å². The molecule has 0 aliphatic carbocycles. The Kier molecular flexibility index (Phi) is 10.3. The van der Waals surface area contributed by atoms with E-state index in [2.05, 4.69) is 5.32 Å². The van der Waals surface area contributed by atoms with Crippen LogP contribution in [0.5, 0.6) is 5.75 Å². The molecule has 0 aromatic heterocycles. The molecule has 0 aliphatic rings. The van der Waals surface area contributed by atoms with E-state index in [0.717, 1.165) is 33.7 Å². The number of carbonyl (C=O) groups excluding carboxylic acids is 2. The Balaban J connectivity index is 2.45. The van der Waals surface area contributed by atoms with Crippen LogP contribution in [-0.4, -0.2) is 57.1 Å². The van der Waals surface area contributed by atoms with Crippen molar-refractivity contribution < 1.29 is 22.7 Å². The number of nitrogens with one attached hydrogen (secondary N) is 1. The van der Waals surface area contributed by atoms with Crippen molar-refractivity contribution in [2.75, 3.05) is 24.2 Å². The summed E-state index contributed by atoms with van der Waals surface area (Å²) in [6.45, 7) is 9.29. The van der Waals surface area contributed by atoms with E-state index in [0.29, 0.717) is 17.9 Å². The Morgan fingerprint density at radius 3 is 2.14 bits per heavy atom. The normalized spacial score (nSPS) is 13.0. The van der Waals surface area contributed by atoms with Gasteiger partial charge in [-0.1, -0.05) is 32.0 Å². The summed E-state index contributed by atoms with van der Waals surface area (Å²) in [5.41, 5.74) is 3.15. The average molecular weight is 518 g/mol. The fourth-order valence-electron chi connectivity index (χ4n) is 3.78. The van der Waals surface area contributed by atoms with Crippen molar-refractivity contribution in [1.82, 2.24) is 10.2 Å². The third-order valence-corrected chi connectivity index (χ3v) is 7.50. The molecular weight excluding hydrogens is 478 g/mol. The summed E-state index contributed by atoms with van der Waals surface area (Å²) in [5, 5.41) is 2.96. The molecule has 1 N–H and O–H groups in total. The molecule has 8 nitrogen and oxygen atoms in total. The molecule has 2 rings (SSSR count). The van der Waals surface area contributed by atoms with Crippen molar-refractivity contribution in [2.24, 2.45) is 0 Å². The molecule has 0 aliphatic heterocycles. The molecule has 198 valence electrons. The molecule has 36 heavy (non-hydrogen) atoms. The summed E-state index contributed by atoms with van der Waals surface area (Å²) >= 11 is 0. The van der Waals surface area contributed by atoms with E-state index in [1.165, 1.54) is 4.90 Å². The molecule has 2 amide bonds. The third kappa shape index (κ3) is 7.71. The summed E-state index contributed by atoms with van der Waals surface area (Å²) in [4.78, 5) is 28.4. The molecule has 2 aromatic rings. The minimum absolute atomic E-state index is 0.0486. The Morgan fingerprint density at radius 2 is 1.64 bits per heavy atom. The van der Waals surface area contributed by atoms with Gasteiger partial charge in [-0.3, -0.25) is 13.9 Å². The quantitative estimate of drug-likeness (QED) is 0.462. The van der Waals surface area contributed by atoms with Crippen molar-refractivity contribution >= 4 is 27.5 Å². The van der Waals surface area contributed by atoms with Crippen LogP contribution in [0.3, 0.4) is 0 Å². The predicted octanol–water partition coefficient (Wildman–Crippen LogP) is 3.80. The van der Waals surface area contributed by atoms with E-state index in [1.54, 1.807) is 31.4 Å². The lowest BCUT2D eigenvalue weighted by molar-refractivity contribution is -0.140. The molecule has 0 fully saturated rings. The van der Waals surface area contributed by atoms with Crippen molar-refractivity contribution in [3.05, 3.63) is 59.2 Å². The van der Waals surface area contributed by atoms with Crippen LogP contribution in [0, 0.1) is 13.8 Å². The van der Waals surface area contributed by atoms with Crippen LogP contribution in [0.1, 0.15) is 50.3 Å². The molecule has 0 saturated heterocycles. The lowest BCUT2D eigenvalue weighted by atomic mass is 10.1. The highest BCUT2D eigenvalue weighted by Gasteiger charge is 2.32. The van der Waals surface area contributed by atoms with Crippen molar-refractivity contribution in [3.8, 4) is 5.75 Å². The molecule has 9 heteroatoms. The number of carbonyl (C=O) groups is 2. The standard InChI is InChI=1S/C27H39N3O5S/c1-8-21(5)28-27(32)25(9-2)29(17-22-11-14-24(35-6)15-12-22)26(31)18-30(36(7,33)34)23-13-10-19(3)20(4)16-23/h10-16,21,25H,8-9,17-18H2,1-7H3,(H,28,32)/t21-,25-/m1/s1. The summed E-state index contributed by atoms with van der Waals surface area (Å²) in [6.07, 6.45) is 2.21. The Labute approximate surface area is 215 Å². The van der Waals surface area contributed by atoms with Gasteiger partial charge in [-0.15, -0.1) is 0 Å². The van der Waals surface area contributed by atoms with Gasteiger partial charge in [-0.2, -0.15) is 0 Å². The van der Waals surface area contributed by atoms with Gasteiger partial charge in [0.05, 0.1) is 19.1 Å². The summed E-state index contributed by atoms with van der Waals surface area (Å²) in [5.74, 6) is -0.0393. The lowest BCUT2D eigenvalue weighted by Gasteiger charge is -2.33.